The van der Waals surface area contributed by atoms with Gasteiger partial charge in [-0.1, -0.05) is 60.7 Å². The van der Waals surface area contributed by atoms with E-state index in [1.54, 1.807) is 0 Å². The number of benzene rings is 2. The monoisotopic (exact) mass is 526 g/mol. The van der Waals surface area contributed by atoms with Crippen LogP contribution >= 0.6 is 0 Å². The van der Waals surface area contributed by atoms with E-state index >= 15 is 0 Å². The van der Waals surface area contributed by atoms with E-state index < -0.39 is 11.9 Å². The number of hydrogen-bond donors (Lipinski definition) is 3. The smallest absolute Gasteiger partial charge is 0.312 e. The Balaban J connectivity index is 1.12. The van der Waals surface area contributed by atoms with Crippen molar-refractivity contribution in [1.82, 2.24) is 15.2 Å². The van der Waals surface area contributed by atoms with Gasteiger partial charge in [0.05, 0.1) is 11.8 Å². The molecule has 39 heavy (non-hydrogen) atoms. The maximum Gasteiger partial charge on any atom is 0.312 e. The lowest BCUT2D eigenvalue weighted by Gasteiger charge is -2.32. The number of rotatable bonds is 10. The molecule has 204 valence electrons. The van der Waals surface area contributed by atoms with E-state index in [-0.39, 0.29) is 18.4 Å². The van der Waals surface area contributed by atoms with Crippen LogP contribution in [0.1, 0.15) is 48.4 Å². The lowest BCUT2D eigenvalue weighted by atomic mass is 9.93. The molecule has 2 aromatic carbocycles. The number of aryl methyl sites for hydroxylation is 2. The summed E-state index contributed by atoms with van der Waals surface area (Å²) in [6.45, 7) is 3.72. The minimum Gasteiger partial charge on any atom is -0.481 e. The molecule has 0 bridgehead atoms. The highest BCUT2D eigenvalue weighted by Gasteiger charge is 2.28. The Morgan fingerprint density at radius 1 is 1.05 bits per heavy atom. The molecule has 0 saturated carbocycles. The standard InChI is InChI=1S/C32H38N4O3/c37-31(34-21-29(32(38)39)26-11-4-10-25(20-26)23-8-2-1-3-9-23)27-13-6-18-36(22-27)19-7-14-28-16-15-24-12-5-17-33-30(24)35-28/h1-4,8-11,15-16,20,27,29H,5-7,12-14,17-19,21-22H2,(H,33,35)(H,34,37)(H,38,39). The molecule has 2 unspecified atom stereocenters. The second kappa shape index (κ2) is 12.9. The zero-order valence-electron chi connectivity index (χ0n) is 22.4. The molecule has 3 heterocycles. The first-order valence-electron chi connectivity index (χ1n) is 14.2. The Kier molecular flexibility index (Phi) is 8.89. The van der Waals surface area contributed by atoms with Gasteiger partial charge in [-0.15, -0.1) is 0 Å². The van der Waals surface area contributed by atoms with Crippen LogP contribution in [0.5, 0.6) is 0 Å². The normalized spacial score (nSPS) is 18.0. The number of fused-ring (bicyclic) bond motifs is 1. The Morgan fingerprint density at radius 2 is 1.90 bits per heavy atom. The summed E-state index contributed by atoms with van der Waals surface area (Å²) >= 11 is 0. The van der Waals surface area contributed by atoms with Crippen LogP contribution < -0.4 is 10.6 Å². The molecule has 2 aliphatic rings. The number of pyridine rings is 1. The molecule has 2 atom stereocenters. The molecule has 3 aromatic rings. The number of aliphatic carboxylic acids is 1. The van der Waals surface area contributed by atoms with Gasteiger partial charge in [0.15, 0.2) is 0 Å². The van der Waals surface area contributed by atoms with Crippen molar-refractivity contribution in [1.29, 1.82) is 0 Å². The number of carbonyl (C=O) groups is 2. The number of nitrogens with one attached hydrogen (secondary N) is 2. The molecule has 1 saturated heterocycles. The van der Waals surface area contributed by atoms with Gasteiger partial charge in [0.25, 0.3) is 0 Å². The van der Waals surface area contributed by atoms with Crippen LogP contribution in [-0.4, -0.2) is 59.6 Å². The fourth-order valence-electron chi connectivity index (χ4n) is 5.72. The average Bonchev–Trinajstić information content (AvgIpc) is 2.98. The quantitative estimate of drug-likeness (QED) is 0.353. The Bertz CT molecular complexity index is 1280. The predicted octanol–water partition coefficient (Wildman–Crippen LogP) is 4.74. The van der Waals surface area contributed by atoms with E-state index in [1.165, 1.54) is 5.56 Å². The third-order valence-electron chi connectivity index (χ3n) is 7.91. The first-order valence-corrected chi connectivity index (χ1v) is 14.2. The summed E-state index contributed by atoms with van der Waals surface area (Å²) in [6.07, 6.45) is 5.99. The zero-order chi connectivity index (χ0) is 27.0. The van der Waals surface area contributed by atoms with E-state index in [4.69, 9.17) is 4.98 Å². The van der Waals surface area contributed by atoms with Gasteiger partial charge in [-0.2, -0.15) is 0 Å². The molecule has 7 heteroatoms. The molecule has 7 nitrogen and oxygen atoms in total. The summed E-state index contributed by atoms with van der Waals surface area (Å²) in [4.78, 5) is 32.4. The Labute approximate surface area is 230 Å². The molecule has 1 amide bonds. The maximum atomic E-state index is 13.1. The van der Waals surface area contributed by atoms with E-state index in [1.807, 2.05) is 54.6 Å². The third-order valence-corrected chi connectivity index (χ3v) is 7.91. The molecule has 1 aromatic heterocycles. The summed E-state index contributed by atoms with van der Waals surface area (Å²) in [7, 11) is 0. The van der Waals surface area contributed by atoms with Gasteiger partial charge in [-0.25, -0.2) is 4.98 Å². The molecule has 0 spiro atoms. The van der Waals surface area contributed by atoms with Crippen LogP contribution in [0.2, 0.25) is 0 Å². The molecule has 0 radical (unpaired) electrons. The van der Waals surface area contributed by atoms with Gasteiger partial charge < -0.3 is 20.6 Å². The first-order chi connectivity index (χ1) is 19.1. The van der Waals surface area contributed by atoms with Crippen LogP contribution in [0.4, 0.5) is 5.82 Å². The fourth-order valence-corrected chi connectivity index (χ4v) is 5.72. The zero-order valence-corrected chi connectivity index (χ0v) is 22.4. The molecule has 1 fully saturated rings. The van der Waals surface area contributed by atoms with Crippen LogP contribution in [0.25, 0.3) is 11.1 Å². The SMILES string of the molecule is O=C(NCC(C(=O)O)c1cccc(-c2ccccc2)c1)C1CCCN(CCCc2ccc3c(n2)NCCC3)C1. The molecule has 2 aliphatic heterocycles. The highest BCUT2D eigenvalue weighted by Crippen LogP contribution is 2.25. The number of hydrogen-bond acceptors (Lipinski definition) is 5. The summed E-state index contributed by atoms with van der Waals surface area (Å²) in [5.74, 6) is -0.852. The number of carboxylic acids is 1. The summed E-state index contributed by atoms with van der Waals surface area (Å²) < 4.78 is 0. The van der Waals surface area contributed by atoms with Crippen molar-refractivity contribution in [3.63, 3.8) is 0 Å². The topological polar surface area (TPSA) is 94.6 Å². The number of likely N-dealkylation sites (tertiary alicyclic amines) is 1. The number of piperidine rings is 1. The maximum absolute atomic E-state index is 13.1. The van der Waals surface area contributed by atoms with Crippen molar-refractivity contribution >= 4 is 17.7 Å². The Hall–Kier alpha value is -3.71. The van der Waals surface area contributed by atoms with E-state index in [9.17, 15) is 14.7 Å². The molecular formula is C32H38N4O3. The molecule has 5 rings (SSSR count). The second-order valence-electron chi connectivity index (χ2n) is 10.7. The van der Waals surface area contributed by atoms with Crippen LogP contribution in [0.15, 0.2) is 66.7 Å². The molecule has 0 aliphatic carbocycles. The van der Waals surface area contributed by atoms with E-state index in [2.05, 4.69) is 27.7 Å². The van der Waals surface area contributed by atoms with Gasteiger partial charge in [0.2, 0.25) is 5.91 Å². The van der Waals surface area contributed by atoms with Crippen molar-refractivity contribution in [2.24, 2.45) is 5.92 Å². The van der Waals surface area contributed by atoms with E-state index in [0.29, 0.717) is 12.1 Å². The van der Waals surface area contributed by atoms with Crippen molar-refractivity contribution in [3.8, 4) is 11.1 Å². The van der Waals surface area contributed by atoms with E-state index in [0.717, 1.165) is 80.8 Å². The van der Waals surface area contributed by atoms with Crippen molar-refractivity contribution in [3.05, 3.63) is 83.6 Å². The lowest BCUT2D eigenvalue weighted by Crippen LogP contribution is -2.44. The number of carbonyl (C=O) groups excluding carboxylic acids is 1. The molecular weight excluding hydrogens is 488 g/mol. The minimum atomic E-state index is -0.934. The molecule has 3 N–H and O–H groups in total. The number of aromatic nitrogens is 1. The number of nitrogens with zero attached hydrogens (tertiary/aromatic N) is 2. The van der Waals surface area contributed by atoms with Crippen LogP contribution in [0.3, 0.4) is 0 Å². The number of carboxylic acid groups (broad SMARTS) is 1. The van der Waals surface area contributed by atoms with Crippen LogP contribution in [0, 0.1) is 5.92 Å². The second-order valence-corrected chi connectivity index (χ2v) is 10.7. The lowest BCUT2D eigenvalue weighted by molar-refractivity contribution is -0.138. The van der Waals surface area contributed by atoms with Crippen molar-refractivity contribution in [2.45, 2.75) is 44.4 Å². The van der Waals surface area contributed by atoms with Crippen molar-refractivity contribution in [2.75, 3.05) is 38.0 Å². The fraction of sp³-hybridized carbons (Fsp3) is 0.406. The minimum absolute atomic E-state index is 0.0485. The largest absolute Gasteiger partial charge is 0.481 e. The Morgan fingerprint density at radius 3 is 2.74 bits per heavy atom. The highest BCUT2D eigenvalue weighted by molar-refractivity contribution is 5.82. The van der Waals surface area contributed by atoms with Gasteiger partial charge in [-0.3, -0.25) is 9.59 Å². The van der Waals surface area contributed by atoms with Gasteiger partial charge >= 0.3 is 5.97 Å². The van der Waals surface area contributed by atoms with Crippen LogP contribution in [-0.2, 0) is 22.4 Å². The third kappa shape index (κ3) is 7.03. The average molecular weight is 527 g/mol. The van der Waals surface area contributed by atoms with Gasteiger partial charge in [0.1, 0.15) is 5.82 Å². The summed E-state index contributed by atoms with van der Waals surface area (Å²) in [6, 6.07) is 21.8. The number of anilines is 1. The number of amides is 1. The van der Waals surface area contributed by atoms with Gasteiger partial charge in [-0.05, 0) is 79.9 Å². The van der Waals surface area contributed by atoms with Crippen molar-refractivity contribution < 1.29 is 14.7 Å². The first kappa shape index (κ1) is 26.9. The van der Waals surface area contributed by atoms with Gasteiger partial charge in [0, 0.05) is 25.3 Å². The predicted molar refractivity (Wildman–Crippen MR) is 154 cm³/mol. The highest BCUT2D eigenvalue weighted by atomic mass is 16.4. The summed E-state index contributed by atoms with van der Waals surface area (Å²) in [5.41, 5.74) is 5.12. The summed E-state index contributed by atoms with van der Waals surface area (Å²) in [5, 5.41) is 16.3.